The zero-order valence-corrected chi connectivity index (χ0v) is 19.0. The van der Waals surface area contributed by atoms with Gasteiger partial charge in [0.15, 0.2) is 0 Å². The summed E-state index contributed by atoms with van der Waals surface area (Å²) in [5.41, 5.74) is 0.969. The SMILES string of the molecule is CC(C)(F)CN1CCc2cc(O)ccc2[C@@H]1C1C=CC=C(OCCN2CC(CF)C2)C=C1. The van der Waals surface area contributed by atoms with Crippen molar-refractivity contribution in [1.82, 2.24) is 9.80 Å². The van der Waals surface area contributed by atoms with Crippen molar-refractivity contribution >= 4 is 0 Å². The number of nitrogens with zero attached hydrogens (tertiary/aromatic N) is 2. The molecule has 3 aliphatic rings. The van der Waals surface area contributed by atoms with E-state index in [0.717, 1.165) is 49.5 Å². The summed E-state index contributed by atoms with van der Waals surface area (Å²) in [7, 11) is 0. The Hall–Kier alpha value is -2.18. The van der Waals surface area contributed by atoms with Crippen LogP contribution in [0.2, 0.25) is 0 Å². The quantitative estimate of drug-likeness (QED) is 0.637. The second kappa shape index (κ2) is 9.75. The van der Waals surface area contributed by atoms with Crippen molar-refractivity contribution < 1.29 is 18.6 Å². The lowest BCUT2D eigenvalue weighted by molar-refractivity contribution is 0.0566. The molecule has 0 saturated carbocycles. The lowest BCUT2D eigenvalue weighted by Gasteiger charge is -2.42. The molecule has 2 atom stereocenters. The van der Waals surface area contributed by atoms with Crippen molar-refractivity contribution in [3.8, 4) is 5.75 Å². The maximum Gasteiger partial charge on any atom is 0.119 e. The maximum absolute atomic E-state index is 14.6. The molecule has 1 N–H and O–H groups in total. The van der Waals surface area contributed by atoms with Gasteiger partial charge in [0.25, 0.3) is 0 Å². The highest BCUT2D eigenvalue weighted by molar-refractivity contribution is 5.41. The summed E-state index contributed by atoms with van der Waals surface area (Å²) in [5.74, 6) is 1.31. The van der Waals surface area contributed by atoms with Crippen LogP contribution in [0.25, 0.3) is 0 Å². The molecule has 4 rings (SSSR count). The summed E-state index contributed by atoms with van der Waals surface area (Å²) < 4.78 is 33.1. The number of hydrogen-bond donors (Lipinski definition) is 1. The van der Waals surface area contributed by atoms with Crippen molar-refractivity contribution in [2.45, 2.75) is 32.0 Å². The number of halogens is 2. The maximum atomic E-state index is 14.6. The van der Waals surface area contributed by atoms with Gasteiger partial charge in [-0.3, -0.25) is 14.2 Å². The predicted octanol–water partition coefficient (Wildman–Crippen LogP) is 4.58. The van der Waals surface area contributed by atoms with Gasteiger partial charge in [-0.05, 0) is 55.7 Å². The van der Waals surface area contributed by atoms with Crippen LogP contribution in [0.5, 0.6) is 5.75 Å². The van der Waals surface area contributed by atoms with E-state index in [4.69, 9.17) is 4.74 Å². The first-order chi connectivity index (χ1) is 15.3. The van der Waals surface area contributed by atoms with Gasteiger partial charge in [0.05, 0.1) is 6.67 Å². The smallest absolute Gasteiger partial charge is 0.119 e. The van der Waals surface area contributed by atoms with Crippen LogP contribution in [0.4, 0.5) is 8.78 Å². The normalized spacial score (nSPS) is 24.6. The van der Waals surface area contributed by atoms with Gasteiger partial charge in [-0.15, -0.1) is 0 Å². The number of hydrogen-bond acceptors (Lipinski definition) is 4. The average Bonchev–Trinajstić information content (AvgIpc) is 2.94. The van der Waals surface area contributed by atoms with Crippen molar-refractivity contribution in [3.63, 3.8) is 0 Å². The second-order valence-electron chi connectivity index (χ2n) is 9.79. The molecule has 4 nitrogen and oxygen atoms in total. The number of phenols is 1. The third-order valence-electron chi connectivity index (χ3n) is 6.45. The molecule has 1 saturated heterocycles. The fraction of sp³-hybridized carbons (Fsp3) is 0.538. The van der Waals surface area contributed by atoms with E-state index in [9.17, 15) is 13.9 Å². The minimum Gasteiger partial charge on any atom is -0.508 e. The number of rotatable bonds is 8. The summed E-state index contributed by atoms with van der Waals surface area (Å²) in [6.07, 6.45) is 11.0. The monoisotopic (exact) mass is 444 g/mol. The Morgan fingerprint density at radius 1 is 1.22 bits per heavy atom. The first-order valence-corrected chi connectivity index (χ1v) is 11.5. The first-order valence-electron chi connectivity index (χ1n) is 11.5. The number of phenolic OH excluding ortho intramolecular Hbond substituents is 1. The van der Waals surface area contributed by atoms with Crippen LogP contribution >= 0.6 is 0 Å². The van der Waals surface area contributed by atoms with Crippen molar-refractivity contribution in [2.75, 3.05) is 46.0 Å². The summed E-state index contributed by atoms with van der Waals surface area (Å²) in [6, 6.07) is 5.52. The van der Waals surface area contributed by atoms with Gasteiger partial charge in [0.2, 0.25) is 0 Å². The highest BCUT2D eigenvalue weighted by Crippen LogP contribution is 2.39. The highest BCUT2D eigenvalue weighted by Gasteiger charge is 2.35. The van der Waals surface area contributed by atoms with Gasteiger partial charge in [0.1, 0.15) is 23.8 Å². The summed E-state index contributed by atoms with van der Waals surface area (Å²) >= 11 is 0. The van der Waals surface area contributed by atoms with E-state index in [0.29, 0.717) is 13.2 Å². The summed E-state index contributed by atoms with van der Waals surface area (Å²) in [4.78, 5) is 4.42. The number of fused-ring (bicyclic) bond motifs is 1. The zero-order chi connectivity index (χ0) is 22.7. The van der Waals surface area contributed by atoms with Crippen LogP contribution in [0, 0.1) is 11.8 Å². The summed E-state index contributed by atoms with van der Waals surface area (Å²) in [5, 5.41) is 9.94. The molecule has 2 heterocycles. The number of aromatic hydroxyl groups is 1. The van der Waals surface area contributed by atoms with Crippen LogP contribution in [0.1, 0.15) is 31.0 Å². The molecule has 1 aromatic rings. The summed E-state index contributed by atoms with van der Waals surface area (Å²) in [6.45, 7) is 7.10. The molecule has 1 aromatic carbocycles. The van der Waals surface area contributed by atoms with E-state index in [1.165, 1.54) is 0 Å². The van der Waals surface area contributed by atoms with Gasteiger partial charge in [0, 0.05) is 50.6 Å². The fourth-order valence-corrected chi connectivity index (χ4v) is 4.97. The van der Waals surface area contributed by atoms with Crippen molar-refractivity contribution in [2.24, 2.45) is 11.8 Å². The highest BCUT2D eigenvalue weighted by atomic mass is 19.1. The topological polar surface area (TPSA) is 35.9 Å². The van der Waals surface area contributed by atoms with Gasteiger partial charge in [-0.25, -0.2) is 4.39 Å². The van der Waals surface area contributed by atoms with Crippen LogP contribution < -0.4 is 0 Å². The molecule has 6 heteroatoms. The number of allylic oxidation sites excluding steroid dienone is 3. The van der Waals surface area contributed by atoms with E-state index in [1.807, 2.05) is 30.4 Å². The molecule has 1 fully saturated rings. The molecule has 174 valence electrons. The van der Waals surface area contributed by atoms with E-state index in [2.05, 4.69) is 22.0 Å². The molecular formula is C26H34F2N2O2. The molecule has 0 aromatic heterocycles. The molecule has 1 aliphatic carbocycles. The Labute approximate surface area is 189 Å². The van der Waals surface area contributed by atoms with Crippen molar-refractivity contribution in [3.05, 3.63) is 65.5 Å². The van der Waals surface area contributed by atoms with Gasteiger partial charge in [-0.1, -0.05) is 24.3 Å². The van der Waals surface area contributed by atoms with E-state index in [1.54, 1.807) is 19.9 Å². The molecule has 2 aliphatic heterocycles. The van der Waals surface area contributed by atoms with E-state index < -0.39 is 5.67 Å². The van der Waals surface area contributed by atoms with Crippen LogP contribution in [-0.2, 0) is 11.2 Å². The molecule has 0 bridgehead atoms. The van der Waals surface area contributed by atoms with Gasteiger partial charge in [-0.2, -0.15) is 0 Å². The molecule has 1 unspecified atom stereocenters. The number of likely N-dealkylation sites (tertiary alicyclic amines) is 1. The molecule has 0 amide bonds. The molecule has 0 radical (unpaired) electrons. The lowest BCUT2D eigenvalue weighted by Crippen LogP contribution is -2.48. The fourth-order valence-electron chi connectivity index (χ4n) is 4.97. The molecular weight excluding hydrogens is 410 g/mol. The number of benzene rings is 1. The van der Waals surface area contributed by atoms with E-state index in [-0.39, 0.29) is 30.3 Å². The Kier molecular flexibility index (Phi) is 7.01. The zero-order valence-electron chi connectivity index (χ0n) is 19.0. The first kappa shape index (κ1) is 23.0. The standard InChI is InChI=1S/C26H34F2N2O2/c1-26(2,28)18-30-11-10-21-14-22(31)7-9-24(21)25(30)20-4-3-5-23(8-6-20)32-13-12-29-16-19(15-27)17-29/h3-9,14,19-20,25,31H,10-13,15-18H2,1-2H3/t20?,25-/m0/s1. The third kappa shape index (κ3) is 5.59. The average molecular weight is 445 g/mol. The Morgan fingerprint density at radius 3 is 2.78 bits per heavy atom. The van der Waals surface area contributed by atoms with E-state index >= 15 is 0 Å². The molecule has 32 heavy (non-hydrogen) atoms. The Bertz CT molecular complexity index is 884. The van der Waals surface area contributed by atoms with Gasteiger partial charge < -0.3 is 9.84 Å². The van der Waals surface area contributed by atoms with Crippen molar-refractivity contribution in [1.29, 1.82) is 0 Å². The lowest BCUT2D eigenvalue weighted by atomic mass is 9.83. The minimum absolute atomic E-state index is 0.00616. The predicted molar refractivity (Wildman–Crippen MR) is 123 cm³/mol. The third-order valence-corrected chi connectivity index (χ3v) is 6.45. The molecule has 0 spiro atoms. The Morgan fingerprint density at radius 2 is 2.03 bits per heavy atom. The minimum atomic E-state index is -1.30. The van der Waals surface area contributed by atoms with Crippen LogP contribution in [0.3, 0.4) is 0 Å². The second-order valence-corrected chi connectivity index (χ2v) is 9.79. The largest absolute Gasteiger partial charge is 0.508 e. The Balaban J connectivity index is 1.44. The number of ether oxygens (including phenoxy) is 1. The van der Waals surface area contributed by atoms with Crippen LogP contribution in [-0.4, -0.2) is 66.6 Å². The van der Waals surface area contributed by atoms with Crippen LogP contribution in [0.15, 0.2) is 54.3 Å². The van der Waals surface area contributed by atoms with Gasteiger partial charge >= 0.3 is 0 Å². The number of alkyl halides is 2.